The largest absolute Gasteiger partial charge is 0.309 e. The number of fused-ring (bicyclic) bond motifs is 1. The van der Waals surface area contributed by atoms with Crippen LogP contribution in [0.1, 0.15) is 11.4 Å². The van der Waals surface area contributed by atoms with E-state index in [9.17, 15) is 0 Å². The van der Waals surface area contributed by atoms with E-state index in [-0.39, 0.29) is 0 Å². The van der Waals surface area contributed by atoms with Crippen LogP contribution in [0.25, 0.3) is 11.4 Å². The molecule has 1 aliphatic rings. The van der Waals surface area contributed by atoms with Crippen LogP contribution in [0.5, 0.6) is 0 Å². The molecule has 2 heterocycles. The zero-order valence-electron chi connectivity index (χ0n) is 9.57. The van der Waals surface area contributed by atoms with Gasteiger partial charge in [-0.3, -0.25) is 0 Å². The fourth-order valence-corrected chi connectivity index (χ4v) is 2.78. The highest BCUT2D eigenvalue weighted by Gasteiger charge is 2.16. The summed E-state index contributed by atoms with van der Waals surface area (Å²) >= 11 is 3.52. The molecule has 5 heteroatoms. The first-order valence-corrected chi connectivity index (χ1v) is 6.44. The van der Waals surface area contributed by atoms with Crippen molar-refractivity contribution in [3.05, 3.63) is 34.1 Å². The molecule has 0 spiro atoms. The summed E-state index contributed by atoms with van der Waals surface area (Å²) in [7, 11) is 0. The maximum Gasteiger partial charge on any atom is 0.164 e. The molecular weight excluding hydrogens is 280 g/mol. The molecule has 0 fully saturated rings. The third-order valence-corrected chi connectivity index (χ3v) is 3.38. The summed E-state index contributed by atoms with van der Waals surface area (Å²) in [5, 5.41) is 11.8. The van der Waals surface area contributed by atoms with Gasteiger partial charge in [-0.25, -0.2) is 0 Å². The summed E-state index contributed by atoms with van der Waals surface area (Å²) in [4.78, 5) is 0. The van der Waals surface area contributed by atoms with Gasteiger partial charge in [-0.2, -0.15) is 0 Å². The number of aromatic nitrogens is 3. The van der Waals surface area contributed by atoms with Gasteiger partial charge in [0, 0.05) is 23.1 Å². The van der Waals surface area contributed by atoms with Crippen LogP contribution in [0.2, 0.25) is 0 Å². The summed E-state index contributed by atoms with van der Waals surface area (Å²) in [5.74, 6) is 1.98. The van der Waals surface area contributed by atoms with E-state index in [1.807, 2.05) is 0 Å². The molecule has 0 radical (unpaired) electrons. The summed E-state index contributed by atoms with van der Waals surface area (Å²) in [6, 6.07) is 6.33. The van der Waals surface area contributed by atoms with Gasteiger partial charge in [-0.15, -0.1) is 10.2 Å². The van der Waals surface area contributed by atoms with E-state index in [1.54, 1.807) is 0 Å². The van der Waals surface area contributed by atoms with Gasteiger partial charge in [0.05, 0.1) is 6.54 Å². The zero-order valence-corrected chi connectivity index (χ0v) is 11.2. The van der Waals surface area contributed by atoms with Crippen molar-refractivity contribution >= 4 is 15.9 Å². The first-order chi connectivity index (χ1) is 8.24. The Morgan fingerprint density at radius 1 is 1.29 bits per heavy atom. The second-order valence-corrected chi connectivity index (χ2v) is 5.20. The molecule has 1 aromatic heterocycles. The fraction of sp³-hybridized carbons (Fsp3) is 0.333. The lowest BCUT2D eigenvalue weighted by Crippen LogP contribution is -2.28. The van der Waals surface area contributed by atoms with E-state index in [0.29, 0.717) is 0 Å². The van der Waals surface area contributed by atoms with Crippen LogP contribution >= 0.6 is 15.9 Å². The van der Waals surface area contributed by atoms with Crippen LogP contribution < -0.4 is 5.32 Å². The van der Waals surface area contributed by atoms with Crippen molar-refractivity contribution in [1.29, 1.82) is 0 Å². The van der Waals surface area contributed by atoms with E-state index in [1.165, 1.54) is 5.56 Å². The SMILES string of the molecule is Cc1cc(Br)cc(-c2nnc3n2CCNC3)c1. The molecule has 88 valence electrons. The molecule has 0 atom stereocenters. The molecule has 4 nitrogen and oxygen atoms in total. The topological polar surface area (TPSA) is 42.7 Å². The molecule has 0 unspecified atom stereocenters. The lowest BCUT2D eigenvalue weighted by molar-refractivity contribution is 0.508. The second-order valence-electron chi connectivity index (χ2n) is 4.29. The van der Waals surface area contributed by atoms with Crippen molar-refractivity contribution in [3.63, 3.8) is 0 Å². The Morgan fingerprint density at radius 2 is 2.18 bits per heavy atom. The quantitative estimate of drug-likeness (QED) is 0.876. The van der Waals surface area contributed by atoms with Crippen LogP contribution in [-0.2, 0) is 13.1 Å². The number of hydrogen-bond donors (Lipinski definition) is 1. The van der Waals surface area contributed by atoms with E-state index >= 15 is 0 Å². The Balaban J connectivity index is 2.11. The number of benzene rings is 1. The average Bonchev–Trinajstić information content (AvgIpc) is 2.71. The molecule has 1 N–H and O–H groups in total. The van der Waals surface area contributed by atoms with Crippen LogP contribution in [0.3, 0.4) is 0 Å². The van der Waals surface area contributed by atoms with Crippen molar-refractivity contribution in [2.45, 2.75) is 20.0 Å². The third-order valence-electron chi connectivity index (χ3n) is 2.92. The highest BCUT2D eigenvalue weighted by molar-refractivity contribution is 9.10. The second kappa shape index (κ2) is 4.23. The van der Waals surface area contributed by atoms with Crippen LogP contribution in [-0.4, -0.2) is 21.3 Å². The lowest BCUT2D eigenvalue weighted by Gasteiger charge is -2.16. The summed E-state index contributed by atoms with van der Waals surface area (Å²) in [6.07, 6.45) is 0. The number of nitrogens with one attached hydrogen (secondary N) is 1. The monoisotopic (exact) mass is 292 g/mol. The normalized spacial score (nSPS) is 14.7. The van der Waals surface area contributed by atoms with Gasteiger partial charge in [0.25, 0.3) is 0 Å². The Hall–Kier alpha value is -1.20. The number of hydrogen-bond acceptors (Lipinski definition) is 3. The zero-order chi connectivity index (χ0) is 11.8. The Kier molecular flexibility index (Phi) is 2.72. The van der Waals surface area contributed by atoms with Gasteiger partial charge < -0.3 is 9.88 Å². The highest BCUT2D eigenvalue weighted by atomic mass is 79.9. The van der Waals surface area contributed by atoms with E-state index < -0.39 is 0 Å². The third kappa shape index (κ3) is 2.00. The molecule has 0 amide bonds. The summed E-state index contributed by atoms with van der Waals surface area (Å²) in [5.41, 5.74) is 2.35. The van der Waals surface area contributed by atoms with Crippen molar-refractivity contribution in [2.24, 2.45) is 0 Å². The highest BCUT2D eigenvalue weighted by Crippen LogP contribution is 2.24. The van der Waals surface area contributed by atoms with Crippen molar-refractivity contribution in [1.82, 2.24) is 20.1 Å². The van der Waals surface area contributed by atoms with E-state index in [2.05, 4.69) is 61.1 Å². The van der Waals surface area contributed by atoms with Gasteiger partial charge in [0.15, 0.2) is 5.82 Å². The van der Waals surface area contributed by atoms with Gasteiger partial charge in [0.1, 0.15) is 5.82 Å². The standard InChI is InChI=1S/C12H13BrN4/c1-8-4-9(6-10(13)5-8)12-16-15-11-7-14-2-3-17(11)12/h4-6,14H,2-3,7H2,1H3. The predicted molar refractivity (Wildman–Crippen MR) is 69.6 cm³/mol. The molecule has 0 bridgehead atoms. The predicted octanol–water partition coefficient (Wildman–Crippen LogP) is 2.12. The van der Waals surface area contributed by atoms with Crippen molar-refractivity contribution in [3.8, 4) is 11.4 Å². The van der Waals surface area contributed by atoms with Gasteiger partial charge >= 0.3 is 0 Å². The Bertz CT molecular complexity index is 541. The molecule has 1 aromatic carbocycles. The Labute approximate surface area is 108 Å². The van der Waals surface area contributed by atoms with Gasteiger partial charge in [-0.05, 0) is 30.7 Å². The van der Waals surface area contributed by atoms with Crippen LogP contribution in [0, 0.1) is 6.92 Å². The fourth-order valence-electron chi connectivity index (χ4n) is 2.17. The summed E-state index contributed by atoms with van der Waals surface area (Å²) < 4.78 is 3.27. The number of rotatable bonds is 1. The van der Waals surface area contributed by atoms with E-state index in [0.717, 1.165) is 41.3 Å². The first kappa shape index (κ1) is 10.9. The minimum Gasteiger partial charge on any atom is -0.309 e. The maximum absolute atomic E-state index is 4.30. The molecule has 0 saturated carbocycles. The number of nitrogens with zero attached hydrogens (tertiary/aromatic N) is 3. The lowest BCUT2D eigenvalue weighted by atomic mass is 10.1. The minimum atomic E-state index is 0.806. The van der Waals surface area contributed by atoms with Crippen LogP contribution in [0.15, 0.2) is 22.7 Å². The van der Waals surface area contributed by atoms with E-state index in [4.69, 9.17) is 0 Å². The van der Waals surface area contributed by atoms with Crippen molar-refractivity contribution in [2.75, 3.05) is 6.54 Å². The molecule has 3 rings (SSSR count). The van der Waals surface area contributed by atoms with Gasteiger partial charge in [0.2, 0.25) is 0 Å². The number of aryl methyl sites for hydroxylation is 1. The summed E-state index contributed by atoms with van der Waals surface area (Å²) in [6.45, 7) is 4.80. The first-order valence-electron chi connectivity index (χ1n) is 5.64. The number of halogens is 1. The molecule has 17 heavy (non-hydrogen) atoms. The molecule has 1 aliphatic heterocycles. The molecule has 2 aromatic rings. The van der Waals surface area contributed by atoms with Crippen molar-refractivity contribution < 1.29 is 0 Å². The van der Waals surface area contributed by atoms with Crippen LogP contribution in [0.4, 0.5) is 0 Å². The molecule has 0 saturated heterocycles. The minimum absolute atomic E-state index is 0.806. The van der Waals surface area contributed by atoms with Gasteiger partial charge in [-0.1, -0.05) is 15.9 Å². The smallest absolute Gasteiger partial charge is 0.164 e. The average molecular weight is 293 g/mol. The Morgan fingerprint density at radius 3 is 3.00 bits per heavy atom. The molecular formula is C12H13BrN4. The molecule has 0 aliphatic carbocycles. The maximum atomic E-state index is 4.30.